The highest BCUT2D eigenvalue weighted by Crippen LogP contribution is 2.34. The summed E-state index contributed by atoms with van der Waals surface area (Å²) in [6.45, 7) is 1.44. The van der Waals surface area contributed by atoms with E-state index in [1.807, 2.05) is 35.0 Å². The van der Waals surface area contributed by atoms with E-state index in [1.54, 1.807) is 6.07 Å². The number of fused-ring (bicyclic) bond motifs is 1. The zero-order valence-corrected chi connectivity index (χ0v) is 16.0. The number of nitrogens with one attached hydrogen (secondary N) is 1. The molecule has 7 heteroatoms. The molecule has 0 amide bonds. The summed E-state index contributed by atoms with van der Waals surface area (Å²) in [5.74, 6) is 0.409. The van der Waals surface area contributed by atoms with Gasteiger partial charge in [-0.15, -0.1) is 5.10 Å². The van der Waals surface area contributed by atoms with Gasteiger partial charge in [0.05, 0.1) is 28.4 Å². The molecule has 4 rings (SSSR count). The molecule has 0 bridgehead atoms. The number of nitrogens with zero attached hydrogens (tertiary/aromatic N) is 3. The van der Waals surface area contributed by atoms with Gasteiger partial charge in [0.2, 0.25) is 0 Å². The summed E-state index contributed by atoms with van der Waals surface area (Å²) in [5, 5.41) is 12.0. The summed E-state index contributed by atoms with van der Waals surface area (Å²) < 4.78 is 7.72. The number of benzene rings is 2. The van der Waals surface area contributed by atoms with Gasteiger partial charge in [-0.3, -0.25) is 0 Å². The van der Waals surface area contributed by atoms with Gasteiger partial charge in [-0.2, -0.15) is 0 Å². The van der Waals surface area contributed by atoms with E-state index in [4.69, 9.17) is 4.74 Å². The normalized spacial score (nSPS) is 13.8. The molecule has 26 heavy (non-hydrogen) atoms. The highest BCUT2D eigenvalue weighted by atomic mass is 79.9. The molecule has 1 saturated carbocycles. The van der Waals surface area contributed by atoms with Crippen molar-refractivity contribution in [2.24, 2.45) is 5.92 Å². The third-order valence-electron chi connectivity index (χ3n) is 4.65. The minimum Gasteiger partial charge on any atom is -0.465 e. The monoisotopic (exact) mass is 414 g/mol. The van der Waals surface area contributed by atoms with Crippen LogP contribution in [-0.4, -0.2) is 28.1 Å². The van der Waals surface area contributed by atoms with Gasteiger partial charge in [-0.25, -0.2) is 9.48 Å². The summed E-state index contributed by atoms with van der Waals surface area (Å²) in [5.41, 5.74) is 4.23. The minimum atomic E-state index is -0.333. The van der Waals surface area contributed by atoms with Crippen LogP contribution in [0.25, 0.3) is 11.0 Å². The Bertz CT molecular complexity index is 965. The molecular weight excluding hydrogens is 396 g/mol. The second-order valence-electron chi connectivity index (χ2n) is 6.51. The minimum absolute atomic E-state index is 0.333. The summed E-state index contributed by atoms with van der Waals surface area (Å²) in [7, 11) is 1.39. The van der Waals surface area contributed by atoms with Gasteiger partial charge in [0.1, 0.15) is 5.52 Å². The van der Waals surface area contributed by atoms with Gasteiger partial charge in [0, 0.05) is 13.1 Å². The number of hydrogen-bond donors (Lipinski definition) is 1. The summed E-state index contributed by atoms with van der Waals surface area (Å²) >= 11 is 3.64. The summed E-state index contributed by atoms with van der Waals surface area (Å²) in [6, 6.07) is 11.5. The van der Waals surface area contributed by atoms with Crippen LogP contribution in [0.2, 0.25) is 0 Å². The smallest absolute Gasteiger partial charge is 0.338 e. The molecule has 3 aromatic rings. The second-order valence-corrected chi connectivity index (χ2v) is 7.31. The standard InChI is InChI=1S/C19H19BrN4O2/c1-26-19(25)14-5-3-2-4-13(14)10-21-15-8-9-16-18(17(15)20)22-23-24(16)11-12-6-7-12/h2-5,8-9,12,21H,6-7,10-11H2,1H3. The Labute approximate surface area is 159 Å². The maximum Gasteiger partial charge on any atom is 0.338 e. The van der Waals surface area contributed by atoms with E-state index < -0.39 is 0 Å². The average Bonchev–Trinajstić information content (AvgIpc) is 3.39. The molecule has 2 aromatic carbocycles. The largest absolute Gasteiger partial charge is 0.465 e. The van der Waals surface area contributed by atoms with Crippen LogP contribution in [0.4, 0.5) is 5.69 Å². The molecule has 1 fully saturated rings. The fourth-order valence-corrected chi connectivity index (χ4v) is 3.55. The fraction of sp³-hybridized carbons (Fsp3) is 0.316. The number of esters is 1. The Hall–Kier alpha value is -2.41. The topological polar surface area (TPSA) is 69.0 Å². The van der Waals surface area contributed by atoms with Crippen molar-refractivity contribution in [2.45, 2.75) is 25.9 Å². The zero-order valence-electron chi connectivity index (χ0n) is 14.4. The van der Waals surface area contributed by atoms with Crippen LogP contribution in [-0.2, 0) is 17.8 Å². The van der Waals surface area contributed by atoms with Crippen molar-refractivity contribution in [2.75, 3.05) is 12.4 Å². The van der Waals surface area contributed by atoms with Crippen molar-refractivity contribution in [3.8, 4) is 0 Å². The number of carbonyl (C=O) groups excluding carboxylic acids is 1. The number of hydrogen-bond acceptors (Lipinski definition) is 5. The molecule has 134 valence electrons. The first-order chi connectivity index (χ1) is 12.7. The fourth-order valence-electron chi connectivity index (χ4n) is 3.00. The van der Waals surface area contributed by atoms with Crippen LogP contribution in [0.1, 0.15) is 28.8 Å². The Balaban J connectivity index is 1.56. The molecule has 0 aliphatic heterocycles. The van der Waals surface area contributed by atoms with Gasteiger partial charge < -0.3 is 10.1 Å². The van der Waals surface area contributed by atoms with Crippen LogP contribution in [0.5, 0.6) is 0 Å². The molecule has 0 atom stereocenters. The molecule has 1 aromatic heterocycles. The molecule has 1 N–H and O–H groups in total. The van der Waals surface area contributed by atoms with E-state index in [0.29, 0.717) is 12.1 Å². The van der Waals surface area contributed by atoms with Gasteiger partial charge in [-0.1, -0.05) is 23.4 Å². The number of methoxy groups -OCH3 is 1. The zero-order chi connectivity index (χ0) is 18.1. The predicted octanol–water partition coefficient (Wildman–Crippen LogP) is 4.00. The number of rotatable bonds is 6. The Morgan fingerprint density at radius 2 is 2.12 bits per heavy atom. The Morgan fingerprint density at radius 1 is 1.31 bits per heavy atom. The van der Waals surface area contributed by atoms with E-state index in [2.05, 4.69) is 31.6 Å². The number of aromatic nitrogens is 3. The van der Waals surface area contributed by atoms with Crippen molar-refractivity contribution in [1.29, 1.82) is 0 Å². The maximum atomic E-state index is 11.9. The lowest BCUT2D eigenvalue weighted by Gasteiger charge is -2.12. The quantitative estimate of drug-likeness (QED) is 0.617. The van der Waals surface area contributed by atoms with Crippen molar-refractivity contribution >= 4 is 38.6 Å². The third kappa shape index (κ3) is 3.31. The predicted molar refractivity (Wildman–Crippen MR) is 103 cm³/mol. The van der Waals surface area contributed by atoms with E-state index in [9.17, 15) is 4.79 Å². The van der Waals surface area contributed by atoms with Crippen molar-refractivity contribution in [3.05, 3.63) is 52.0 Å². The van der Waals surface area contributed by atoms with Gasteiger partial charge in [0.25, 0.3) is 0 Å². The lowest BCUT2D eigenvalue weighted by Crippen LogP contribution is -2.09. The third-order valence-corrected chi connectivity index (χ3v) is 5.45. The Kier molecular flexibility index (Phi) is 4.63. The average molecular weight is 415 g/mol. The van der Waals surface area contributed by atoms with Crippen LogP contribution < -0.4 is 5.32 Å². The molecule has 0 saturated heterocycles. The summed E-state index contributed by atoms with van der Waals surface area (Å²) in [6.07, 6.45) is 2.56. The first-order valence-corrected chi connectivity index (χ1v) is 9.38. The first kappa shape index (κ1) is 17.0. The molecule has 1 aliphatic carbocycles. The molecule has 6 nitrogen and oxygen atoms in total. The molecule has 0 unspecified atom stereocenters. The van der Waals surface area contributed by atoms with Crippen molar-refractivity contribution in [3.63, 3.8) is 0 Å². The molecule has 1 aliphatic rings. The molecule has 1 heterocycles. The lowest BCUT2D eigenvalue weighted by molar-refractivity contribution is 0.0599. The van der Waals surface area contributed by atoms with Crippen molar-refractivity contribution in [1.82, 2.24) is 15.0 Å². The number of ether oxygens (including phenoxy) is 1. The van der Waals surface area contributed by atoms with E-state index in [0.717, 1.165) is 39.2 Å². The van der Waals surface area contributed by atoms with Gasteiger partial charge in [-0.05, 0) is 58.5 Å². The van der Waals surface area contributed by atoms with Gasteiger partial charge in [0.15, 0.2) is 0 Å². The van der Waals surface area contributed by atoms with Crippen LogP contribution in [0.3, 0.4) is 0 Å². The Morgan fingerprint density at radius 3 is 2.88 bits per heavy atom. The first-order valence-electron chi connectivity index (χ1n) is 8.59. The van der Waals surface area contributed by atoms with Crippen LogP contribution >= 0.6 is 15.9 Å². The number of carbonyl (C=O) groups is 1. The number of anilines is 1. The SMILES string of the molecule is COC(=O)c1ccccc1CNc1ccc2c(nnn2CC2CC2)c1Br. The summed E-state index contributed by atoms with van der Waals surface area (Å²) in [4.78, 5) is 11.9. The maximum absolute atomic E-state index is 11.9. The van der Waals surface area contributed by atoms with Crippen LogP contribution in [0, 0.1) is 5.92 Å². The molecular formula is C19H19BrN4O2. The number of halogens is 1. The van der Waals surface area contributed by atoms with Gasteiger partial charge >= 0.3 is 5.97 Å². The van der Waals surface area contributed by atoms with Crippen LogP contribution in [0.15, 0.2) is 40.9 Å². The highest BCUT2D eigenvalue weighted by Gasteiger charge is 2.23. The van der Waals surface area contributed by atoms with Crippen molar-refractivity contribution < 1.29 is 9.53 Å². The highest BCUT2D eigenvalue weighted by molar-refractivity contribution is 9.10. The second kappa shape index (κ2) is 7.07. The van der Waals surface area contributed by atoms with E-state index in [1.165, 1.54) is 20.0 Å². The molecule has 0 spiro atoms. The lowest BCUT2D eigenvalue weighted by atomic mass is 10.1. The van der Waals surface area contributed by atoms with E-state index in [-0.39, 0.29) is 5.97 Å². The van der Waals surface area contributed by atoms with E-state index >= 15 is 0 Å². The molecule has 0 radical (unpaired) electrons.